The van der Waals surface area contributed by atoms with Gasteiger partial charge in [0.1, 0.15) is 24.4 Å². The van der Waals surface area contributed by atoms with Gasteiger partial charge in [-0.15, -0.1) is 0 Å². The van der Waals surface area contributed by atoms with E-state index in [1.165, 1.54) is 167 Å². The van der Waals surface area contributed by atoms with E-state index in [0.717, 1.165) is 70.6 Å². The van der Waals surface area contributed by atoms with E-state index < -0.39 is 67.4 Å². The predicted octanol–water partition coefficient (Wildman–Crippen LogP) is 15.4. The molecule has 1 heterocycles. The van der Waals surface area contributed by atoms with Gasteiger partial charge >= 0.3 is 5.97 Å². The van der Waals surface area contributed by atoms with Crippen LogP contribution in [0, 0.1) is 0 Å². The molecule has 0 radical (unpaired) electrons. The maximum atomic E-state index is 13.4. The highest BCUT2D eigenvalue weighted by Crippen LogP contribution is 2.26. The average Bonchev–Trinajstić information content (AvgIpc) is 3.43. The van der Waals surface area contributed by atoms with Gasteiger partial charge in [-0.3, -0.25) is 9.59 Å². The van der Waals surface area contributed by atoms with Crippen LogP contribution in [0.1, 0.15) is 284 Å². The zero-order chi connectivity index (χ0) is 56.1. The zero-order valence-electron chi connectivity index (χ0n) is 49.6. The van der Waals surface area contributed by atoms with Crippen LogP contribution in [0.15, 0.2) is 60.8 Å². The summed E-state index contributed by atoms with van der Waals surface area (Å²) in [4.78, 5) is 26.6. The Kier molecular flexibility index (Phi) is 50.7. The lowest BCUT2D eigenvalue weighted by Crippen LogP contribution is -2.61. The van der Waals surface area contributed by atoms with Crippen molar-refractivity contribution >= 4 is 11.9 Å². The lowest BCUT2D eigenvalue weighted by atomic mass is 9.99. The number of aliphatic hydroxyl groups is 5. The number of carbonyl (C=O) groups is 2. The Bertz CT molecular complexity index is 1480. The molecule has 77 heavy (non-hydrogen) atoms. The molecule has 6 N–H and O–H groups in total. The van der Waals surface area contributed by atoms with Gasteiger partial charge in [-0.2, -0.15) is 0 Å². The molecule has 0 aliphatic carbocycles. The fourth-order valence-electron chi connectivity index (χ4n) is 9.96. The van der Waals surface area contributed by atoms with Gasteiger partial charge in [-0.05, 0) is 44.9 Å². The number of aliphatic hydroxyl groups excluding tert-OH is 5. The number of amides is 1. The highest BCUT2D eigenvalue weighted by Gasteiger charge is 2.47. The minimum Gasteiger partial charge on any atom is -0.454 e. The third-order valence-corrected chi connectivity index (χ3v) is 15.0. The van der Waals surface area contributed by atoms with Gasteiger partial charge in [-0.1, -0.05) is 293 Å². The fourth-order valence-corrected chi connectivity index (χ4v) is 9.96. The number of hydrogen-bond acceptors (Lipinski definition) is 10. The Labute approximate surface area is 471 Å². The quantitative estimate of drug-likeness (QED) is 0.0149. The molecule has 1 aliphatic heterocycles. The molecule has 0 aromatic rings. The molecule has 8 atom stereocenters. The molecule has 1 fully saturated rings. The maximum Gasteiger partial charge on any atom is 0.306 e. The topological polar surface area (TPSA) is 175 Å². The number of nitrogens with one attached hydrogen (secondary N) is 1. The Morgan fingerprint density at radius 2 is 0.935 bits per heavy atom. The van der Waals surface area contributed by atoms with Crippen molar-refractivity contribution in [2.75, 3.05) is 13.2 Å². The van der Waals surface area contributed by atoms with Gasteiger partial charge in [0.25, 0.3) is 0 Å². The van der Waals surface area contributed by atoms with Crippen LogP contribution in [0.25, 0.3) is 0 Å². The SMILES string of the molecule is CC/C=C/C=C/C=C/C=C\CCCCCCC(O)C(=O)NC(COC1OC(CO)C(O)C(O)C1OC(=O)CCCCCCCCCCCCCCCCCCCCCCC)C(O)/C=C/CCCCCCCCCCCCC. The van der Waals surface area contributed by atoms with Crippen molar-refractivity contribution < 1.29 is 49.3 Å². The molecule has 0 spiro atoms. The largest absolute Gasteiger partial charge is 0.454 e. The molecule has 11 nitrogen and oxygen atoms in total. The molecule has 0 aromatic heterocycles. The summed E-state index contributed by atoms with van der Waals surface area (Å²) < 4.78 is 17.6. The summed E-state index contributed by atoms with van der Waals surface area (Å²) in [5, 5.41) is 57.0. The minimum absolute atomic E-state index is 0.123. The maximum absolute atomic E-state index is 13.4. The highest BCUT2D eigenvalue weighted by atomic mass is 16.7. The molecular formula is C66H119NO10. The molecule has 1 rings (SSSR count). The molecule has 1 amide bonds. The molecule has 0 saturated carbocycles. The second-order valence-electron chi connectivity index (χ2n) is 22.2. The number of allylic oxidation sites excluding steroid dienone is 9. The van der Waals surface area contributed by atoms with Gasteiger partial charge < -0.3 is 45.1 Å². The van der Waals surface area contributed by atoms with Crippen LogP contribution in [0.5, 0.6) is 0 Å². The Hall–Kier alpha value is -2.64. The van der Waals surface area contributed by atoms with E-state index in [0.29, 0.717) is 12.8 Å². The summed E-state index contributed by atoms with van der Waals surface area (Å²) in [6.07, 6.45) is 56.9. The number of ether oxygens (including phenoxy) is 3. The van der Waals surface area contributed by atoms with Crippen molar-refractivity contribution in [2.24, 2.45) is 0 Å². The van der Waals surface area contributed by atoms with Crippen LogP contribution in [0.2, 0.25) is 0 Å². The number of hydrogen-bond donors (Lipinski definition) is 6. The Balaban J connectivity index is 2.65. The van der Waals surface area contributed by atoms with E-state index in [-0.39, 0.29) is 19.4 Å². The molecular weight excluding hydrogens is 967 g/mol. The third-order valence-electron chi connectivity index (χ3n) is 15.0. The van der Waals surface area contributed by atoms with Crippen LogP contribution in [0.3, 0.4) is 0 Å². The molecule has 0 aromatic carbocycles. The van der Waals surface area contributed by atoms with Crippen molar-refractivity contribution in [2.45, 2.75) is 333 Å². The molecule has 448 valence electrons. The first-order valence-electron chi connectivity index (χ1n) is 32.1. The monoisotopic (exact) mass is 1090 g/mol. The summed E-state index contributed by atoms with van der Waals surface area (Å²) in [7, 11) is 0. The van der Waals surface area contributed by atoms with Gasteiger partial charge in [-0.25, -0.2) is 0 Å². The van der Waals surface area contributed by atoms with Crippen molar-refractivity contribution in [3.8, 4) is 0 Å². The average molecular weight is 1090 g/mol. The van der Waals surface area contributed by atoms with Crippen LogP contribution >= 0.6 is 0 Å². The lowest BCUT2D eigenvalue weighted by Gasteiger charge is -2.41. The van der Waals surface area contributed by atoms with Crippen LogP contribution in [-0.2, 0) is 23.8 Å². The number of esters is 1. The van der Waals surface area contributed by atoms with E-state index in [9.17, 15) is 35.1 Å². The fraction of sp³-hybridized carbons (Fsp3) is 0.818. The van der Waals surface area contributed by atoms with Crippen LogP contribution in [-0.4, -0.2) is 99.6 Å². The van der Waals surface area contributed by atoms with Gasteiger partial charge in [0.2, 0.25) is 5.91 Å². The van der Waals surface area contributed by atoms with Crippen LogP contribution < -0.4 is 5.32 Å². The third kappa shape index (κ3) is 42.0. The summed E-state index contributed by atoms with van der Waals surface area (Å²) in [6, 6.07) is -1.04. The molecule has 8 unspecified atom stereocenters. The second kappa shape index (κ2) is 54.0. The van der Waals surface area contributed by atoms with Crippen LogP contribution in [0.4, 0.5) is 0 Å². The first-order chi connectivity index (χ1) is 37.7. The van der Waals surface area contributed by atoms with Gasteiger partial charge in [0.05, 0.1) is 25.4 Å². The molecule has 0 bridgehead atoms. The number of carbonyl (C=O) groups excluding carboxylic acids is 2. The molecule has 1 aliphatic rings. The lowest BCUT2D eigenvalue weighted by molar-refractivity contribution is -0.305. The normalized spacial score (nSPS) is 19.4. The van der Waals surface area contributed by atoms with Gasteiger partial charge in [0, 0.05) is 6.42 Å². The summed E-state index contributed by atoms with van der Waals surface area (Å²) in [6.45, 7) is 5.66. The summed E-state index contributed by atoms with van der Waals surface area (Å²) in [5.74, 6) is -1.21. The first-order valence-corrected chi connectivity index (χ1v) is 32.1. The first kappa shape index (κ1) is 72.4. The Morgan fingerprint density at radius 3 is 1.40 bits per heavy atom. The van der Waals surface area contributed by atoms with Crippen molar-refractivity contribution in [1.82, 2.24) is 5.32 Å². The smallest absolute Gasteiger partial charge is 0.306 e. The standard InChI is InChI=1S/C66H119NO10/c1-4-7-10-13-16-19-22-25-27-28-29-30-31-32-33-36-39-42-45-48-51-54-61(71)77-64-63(73)62(72)60(55-68)76-66(64)75-56-57(58(69)52-49-46-43-40-37-34-24-21-18-15-12-9-6-3)67-65(74)59(70)53-50-47-44-41-38-35-26-23-20-17-14-11-8-5-2/h8,11,14,17,20,23,26,35,49,52,57-60,62-64,66,68-70,72-73H,4-7,9-10,12-13,15-16,18-19,21-22,24-25,27-34,36-48,50-51,53-56H2,1-3H3,(H,67,74)/b11-8+,17-14+,23-20+,35-26-,52-49+. The van der Waals surface area contributed by atoms with Crippen molar-refractivity contribution in [1.29, 1.82) is 0 Å². The summed E-state index contributed by atoms with van der Waals surface area (Å²) in [5.41, 5.74) is 0. The Morgan fingerprint density at radius 1 is 0.519 bits per heavy atom. The number of unbranched alkanes of at least 4 members (excludes halogenated alkanes) is 35. The zero-order valence-corrected chi connectivity index (χ0v) is 49.6. The molecule has 1 saturated heterocycles. The van der Waals surface area contributed by atoms with Crippen molar-refractivity contribution in [3.63, 3.8) is 0 Å². The van der Waals surface area contributed by atoms with E-state index in [2.05, 4.69) is 38.2 Å². The van der Waals surface area contributed by atoms with Gasteiger partial charge in [0.15, 0.2) is 12.4 Å². The van der Waals surface area contributed by atoms with E-state index in [1.807, 2.05) is 42.5 Å². The minimum atomic E-state index is -1.62. The van der Waals surface area contributed by atoms with E-state index >= 15 is 0 Å². The predicted molar refractivity (Wildman–Crippen MR) is 320 cm³/mol. The number of rotatable bonds is 54. The summed E-state index contributed by atoms with van der Waals surface area (Å²) >= 11 is 0. The second-order valence-corrected chi connectivity index (χ2v) is 22.2. The highest BCUT2D eigenvalue weighted by molar-refractivity contribution is 5.80. The van der Waals surface area contributed by atoms with Crippen molar-refractivity contribution in [3.05, 3.63) is 60.8 Å². The van der Waals surface area contributed by atoms with E-state index in [4.69, 9.17) is 14.2 Å². The molecule has 11 heteroatoms. The van der Waals surface area contributed by atoms with E-state index in [1.54, 1.807) is 6.08 Å².